The Bertz CT molecular complexity index is 459. The lowest BCUT2D eigenvalue weighted by molar-refractivity contribution is 0.192. The largest absolute Gasteiger partial charge is 0.490 e. The smallest absolute Gasteiger partial charge is 0.175 e. The summed E-state index contributed by atoms with van der Waals surface area (Å²) in [5.74, 6) is 3.05. The number of benzene rings is 1. The van der Waals surface area contributed by atoms with Crippen molar-refractivity contribution in [3.05, 3.63) is 24.3 Å². The van der Waals surface area contributed by atoms with Gasteiger partial charge in [0.15, 0.2) is 9.84 Å². The maximum Gasteiger partial charge on any atom is 0.175 e. The van der Waals surface area contributed by atoms with Gasteiger partial charge in [0.2, 0.25) is 0 Å². The minimum Gasteiger partial charge on any atom is -0.490 e. The van der Waals surface area contributed by atoms with Crippen LogP contribution in [0, 0.1) is 0 Å². The van der Waals surface area contributed by atoms with Crippen LogP contribution in [-0.2, 0) is 9.84 Å². The third-order valence-electron chi connectivity index (χ3n) is 2.72. The van der Waals surface area contributed by atoms with E-state index in [0.717, 1.165) is 30.1 Å². The van der Waals surface area contributed by atoms with E-state index in [0.29, 0.717) is 4.90 Å². The molecule has 0 saturated carbocycles. The molecule has 17 heavy (non-hydrogen) atoms. The molecule has 1 saturated heterocycles. The van der Waals surface area contributed by atoms with E-state index < -0.39 is 9.84 Å². The Balaban J connectivity index is 2.03. The van der Waals surface area contributed by atoms with Gasteiger partial charge >= 0.3 is 0 Å². The van der Waals surface area contributed by atoms with E-state index >= 15 is 0 Å². The fourth-order valence-electron chi connectivity index (χ4n) is 1.75. The van der Waals surface area contributed by atoms with Crippen molar-refractivity contribution in [1.29, 1.82) is 0 Å². The van der Waals surface area contributed by atoms with E-state index in [2.05, 4.69) is 0 Å². The zero-order chi connectivity index (χ0) is 12.3. The molecule has 0 N–H and O–H groups in total. The summed E-state index contributed by atoms with van der Waals surface area (Å²) < 4.78 is 28.4. The van der Waals surface area contributed by atoms with Gasteiger partial charge in [-0.3, -0.25) is 0 Å². The van der Waals surface area contributed by atoms with Crippen LogP contribution >= 0.6 is 11.8 Å². The van der Waals surface area contributed by atoms with Gasteiger partial charge in [-0.25, -0.2) is 8.42 Å². The first-order valence-corrected chi connectivity index (χ1v) is 8.65. The molecule has 0 radical (unpaired) electrons. The Morgan fingerprint density at radius 1 is 1.18 bits per heavy atom. The first kappa shape index (κ1) is 12.8. The Morgan fingerprint density at radius 2 is 1.76 bits per heavy atom. The number of hydrogen-bond acceptors (Lipinski definition) is 4. The van der Waals surface area contributed by atoms with Crippen molar-refractivity contribution in [2.45, 2.75) is 23.8 Å². The van der Waals surface area contributed by atoms with Crippen LogP contribution in [0.1, 0.15) is 12.8 Å². The van der Waals surface area contributed by atoms with Crippen molar-refractivity contribution in [2.75, 3.05) is 17.8 Å². The molecule has 0 atom stereocenters. The first-order valence-electron chi connectivity index (χ1n) is 5.60. The summed E-state index contributed by atoms with van der Waals surface area (Å²) in [7, 11) is -3.11. The quantitative estimate of drug-likeness (QED) is 0.847. The highest BCUT2D eigenvalue weighted by atomic mass is 32.2. The molecule has 0 unspecified atom stereocenters. The molecule has 1 aromatic rings. The number of sulfone groups is 1. The van der Waals surface area contributed by atoms with Crippen LogP contribution in [0.2, 0.25) is 0 Å². The van der Waals surface area contributed by atoms with E-state index in [9.17, 15) is 8.42 Å². The van der Waals surface area contributed by atoms with Crippen molar-refractivity contribution in [3.8, 4) is 5.75 Å². The predicted molar refractivity (Wildman–Crippen MR) is 70.5 cm³/mol. The van der Waals surface area contributed by atoms with Gasteiger partial charge in [0.1, 0.15) is 11.9 Å². The van der Waals surface area contributed by atoms with Crippen LogP contribution < -0.4 is 4.74 Å². The molecule has 3 nitrogen and oxygen atoms in total. The minimum atomic E-state index is -3.11. The fraction of sp³-hybridized carbons (Fsp3) is 0.500. The third-order valence-corrected chi connectivity index (χ3v) is 4.90. The number of rotatable bonds is 3. The highest BCUT2D eigenvalue weighted by Crippen LogP contribution is 2.23. The van der Waals surface area contributed by atoms with Crippen LogP contribution in [-0.4, -0.2) is 32.3 Å². The number of ether oxygens (including phenoxy) is 1. The molecule has 0 aliphatic carbocycles. The van der Waals surface area contributed by atoms with Crippen LogP contribution in [0.4, 0.5) is 0 Å². The van der Waals surface area contributed by atoms with Gasteiger partial charge in [-0.1, -0.05) is 0 Å². The van der Waals surface area contributed by atoms with Gasteiger partial charge < -0.3 is 4.74 Å². The minimum absolute atomic E-state index is 0.278. The summed E-state index contributed by atoms with van der Waals surface area (Å²) in [6.07, 6.45) is 3.62. The zero-order valence-electron chi connectivity index (χ0n) is 9.76. The van der Waals surface area contributed by atoms with Gasteiger partial charge in [-0.05, 0) is 48.6 Å². The molecule has 1 aliphatic heterocycles. The second-order valence-corrected chi connectivity index (χ2v) is 7.41. The number of hydrogen-bond donors (Lipinski definition) is 0. The molecule has 1 aromatic carbocycles. The highest BCUT2D eigenvalue weighted by molar-refractivity contribution is 7.99. The van der Waals surface area contributed by atoms with Crippen molar-refractivity contribution in [3.63, 3.8) is 0 Å². The molecular weight excluding hydrogens is 256 g/mol. The van der Waals surface area contributed by atoms with E-state index in [1.54, 1.807) is 24.3 Å². The Kier molecular flexibility index (Phi) is 3.99. The Labute approximate surface area is 106 Å². The van der Waals surface area contributed by atoms with Crippen molar-refractivity contribution < 1.29 is 13.2 Å². The van der Waals surface area contributed by atoms with Gasteiger partial charge in [-0.15, -0.1) is 0 Å². The van der Waals surface area contributed by atoms with Gasteiger partial charge in [0.25, 0.3) is 0 Å². The van der Waals surface area contributed by atoms with Crippen LogP contribution in [0.3, 0.4) is 0 Å². The van der Waals surface area contributed by atoms with E-state index in [1.165, 1.54) is 6.26 Å². The summed E-state index contributed by atoms with van der Waals surface area (Å²) in [5, 5.41) is 0. The monoisotopic (exact) mass is 272 g/mol. The Hall–Kier alpha value is -0.680. The van der Waals surface area contributed by atoms with Gasteiger partial charge in [-0.2, -0.15) is 11.8 Å². The van der Waals surface area contributed by atoms with E-state index in [4.69, 9.17) is 4.74 Å². The van der Waals surface area contributed by atoms with Crippen LogP contribution in [0.25, 0.3) is 0 Å². The highest BCUT2D eigenvalue weighted by Gasteiger charge is 2.15. The number of thioether (sulfide) groups is 1. The molecule has 5 heteroatoms. The molecule has 0 spiro atoms. The average molecular weight is 272 g/mol. The summed E-state index contributed by atoms with van der Waals surface area (Å²) in [6.45, 7) is 0. The second-order valence-electron chi connectivity index (χ2n) is 4.17. The third kappa shape index (κ3) is 3.64. The average Bonchev–Trinajstić information content (AvgIpc) is 2.30. The standard InChI is InChI=1S/C12H16O3S2/c1-17(13,14)12-4-2-10(3-5-12)15-11-6-8-16-9-7-11/h2-5,11H,6-9H2,1H3. The second kappa shape index (κ2) is 5.31. The van der Waals surface area contributed by atoms with E-state index in [1.807, 2.05) is 11.8 Å². The molecular formula is C12H16O3S2. The molecule has 0 bridgehead atoms. The van der Waals surface area contributed by atoms with Crippen molar-refractivity contribution in [1.82, 2.24) is 0 Å². The predicted octanol–water partition coefficient (Wildman–Crippen LogP) is 2.36. The molecule has 2 rings (SSSR count). The molecule has 1 fully saturated rings. The summed E-state index contributed by atoms with van der Waals surface area (Å²) in [6, 6.07) is 6.67. The fourth-order valence-corrected chi connectivity index (χ4v) is 3.45. The SMILES string of the molecule is CS(=O)(=O)c1ccc(OC2CCSCC2)cc1. The summed E-state index contributed by atoms with van der Waals surface area (Å²) in [4.78, 5) is 0.337. The maximum atomic E-state index is 11.3. The lowest BCUT2D eigenvalue weighted by Gasteiger charge is -2.22. The molecule has 0 aromatic heterocycles. The zero-order valence-corrected chi connectivity index (χ0v) is 11.4. The van der Waals surface area contributed by atoms with Crippen LogP contribution in [0.5, 0.6) is 5.75 Å². The lowest BCUT2D eigenvalue weighted by atomic mass is 10.2. The van der Waals surface area contributed by atoms with Gasteiger partial charge in [0.05, 0.1) is 4.90 Å². The topological polar surface area (TPSA) is 43.4 Å². The molecule has 0 amide bonds. The van der Waals surface area contributed by atoms with Gasteiger partial charge in [0, 0.05) is 6.26 Å². The van der Waals surface area contributed by atoms with Crippen LogP contribution in [0.15, 0.2) is 29.2 Å². The summed E-state index contributed by atoms with van der Waals surface area (Å²) in [5.41, 5.74) is 0. The normalized spacial score (nSPS) is 17.9. The first-order chi connectivity index (χ1) is 8.05. The van der Waals surface area contributed by atoms with E-state index in [-0.39, 0.29) is 6.10 Å². The van der Waals surface area contributed by atoms with Crippen molar-refractivity contribution >= 4 is 21.6 Å². The lowest BCUT2D eigenvalue weighted by Crippen LogP contribution is -2.22. The molecule has 94 valence electrons. The molecule has 1 heterocycles. The molecule has 1 aliphatic rings. The van der Waals surface area contributed by atoms with Crippen molar-refractivity contribution in [2.24, 2.45) is 0 Å². The maximum absolute atomic E-state index is 11.3. The summed E-state index contributed by atoms with van der Waals surface area (Å²) >= 11 is 1.96. The Morgan fingerprint density at radius 3 is 2.29 bits per heavy atom.